The minimum absolute atomic E-state index is 0.0119. The third-order valence-corrected chi connectivity index (χ3v) is 6.46. The lowest BCUT2D eigenvalue weighted by atomic mass is 9.76. The monoisotopic (exact) mass is 459 g/mol. The quantitative estimate of drug-likeness (QED) is 0.667. The van der Waals surface area contributed by atoms with Crippen LogP contribution in [0.3, 0.4) is 0 Å². The fourth-order valence-electron chi connectivity index (χ4n) is 4.68. The Hall–Kier alpha value is -2.94. The average Bonchev–Trinajstić information content (AvgIpc) is 3.12. The number of amides is 1. The topological polar surface area (TPSA) is 91.7 Å². The highest BCUT2D eigenvalue weighted by atomic mass is 19.1. The van der Waals surface area contributed by atoms with E-state index in [1.807, 2.05) is 13.8 Å². The third kappa shape index (κ3) is 4.34. The molecule has 0 radical (unpaired) electrons. The summed E-state index contributed by atoms with van der Waals surface area (Å²) < 4.78 is 32.7. The van der Waals surface area contributed by atoms with Crippen molar-refractivity contribution < 1.29 is 28.2 Å². The average molecular weight is 460 g/mol. The molecule has 1 fully saturated rings. The first-order valence-electron chi connectivity index (χ1n) is 11.4. The van der Waals surface area contributed by atoms with E-state index in [4.69, 9.17) is 14.2 Å². The summed E-state index contributed by atoms with van der Waals surface area (Å²) in [5, 5.41) is 7.76. The molecule has 3 heterocycles. The number of carbonyl (C=O) groups excluding carboxylic acids is 2. The predicted octanol–water partition coefficient (Wildman–Crippen LogP) is 3.23. The van der Waals surface area contributed by atoms with Crippen LogP contribution in [0, 0.1) is 11.2 Å². The second-order valence-electron chi connectivity index (χ2n) is 8.65. The molecule has 8 nitrogen and oxygen atoms in total. The van der Waals surface area contributed by atoms with Crippen molar-refractivity contribution in [1.29, 1.82) is 0 Å². The first-order valence-corrected chi connectivity index (χ1v) is 11.4. The number of halogens is 1. The Morgan fingerprint density at radius 2 is 2.06 bits per heavy atom. The lowest BCUT2D eigenvalue weighted by Gasteiger charge is -2.36. The summed E-state index contributed by atoms with van der Waals surface area (Å²) in [6, 6.07) is 2.39. The Morgan fingerprint density at radius 3 is 2.73 bits per heavy atom. The molecule has 2 aromatic rings. The van der Waals surface area contributed by atoms with E-state index >= 15 is 0 Å². The highest BCUT2D eigenvalue weighted by Crippen LogP contribution is 2.39. The van der Waals surface area contributed by atoms with Crippen molar-refractivity contribution in [1.82, 2.24) is 15.1 Å². The number of hydrogen-bond acceptors (Lipinski definition) is 6. The lowest BCUT2D eigenvalue weighted by Crippen LogP contribution is -2.40. The van der Waals surface area contributed by atoms with E-state index in [0.29, 0.717) is 56.0 Å². The van der Waals surface area contributed by atoms with Gasteiger partial charge in [-0.15, -0.1) is 0 Å². The molecule has 0 aliphatic carbocycles. The summed E-state index contributed by atoms with van der Waals surface area (Å²) in [6.07, 6.45) is 3.35. The van der Waals surface area contributed by atoms with Gasteiger partial charge in [0.25, 0.3) is 5.91 Å². The zero-order valence-electron chi connectivity index (χ0n) is 19.3. The zero-order valence-corrected chi connectivity index (χ0v) is 19.3. The summed E-state index contributed by atoms with van der Waals surface area (Å²) in [5.41, 5.74) is 1.91. The van der Waals surface area contributed by atoms with Crippen LogP contribution in [0.5, 0.6) is 5.75 Å². The molecule has 33 heavy (non-hydrogen) atoms. The van der Waals surface area contributed by atoms with E-state index in [1.54, 1.807) is 4.68 Å². The number of benzene rings is 1. The molecule has 178 valence electrons. The maximum Gasteiger partial charge on any atom is 0.342 e. The van der Waals surface area contributed by atoms with Crippen molar-refractivity contribution >= 4 is 11.9 Å². The second kappa shape index (κ2) is 9.51. The summed E-state index contributed by atoms with van der Waals surface area (Å²) in [4.78, 5) is 25.7. The summed E-state index contributed by atoms with van der Waals surface area (Å²) in [7, 11) is 1.42. The van der Waals surface area contributed by atoms with E-state index in [0.717, 1.165) is 18.9 Å². The minimum Gasteiger partial charge on any atom is -0.494 e. The Labute approximate surface area is 192 Å². The number of fused-ring (bicyclic) bond motifs is 1. The first-order chi connectivity index (χ1) is 15.9. The molecule has 9 heteroatoms. The molecule has 4 rings (SSSR count). The molecule has 0 atom stereocenters. The number of esters is 1. The van der Waals surface area contributed by atoms with Crippen molar-refractivity contribution in [2.45, 2.75) is 46.0 Å². The van der Waals surface area contributed by atoms with Gasteiger partial charge >= 0.3 is 5.97 Å². The molecule has 2 aliphatic heterocycles. The van der Waals surface area contributed by atoms with Crippen LogP contribution < -0.4 is 10.1 Å². The molecular weight excluding hydrogens is 429 g/mol. The van der Waals surface area contributed by atoms with Crippen molar-refractivity contribution in [3.05, 3.63) is 40.5 Å². The number of hydrogen-bond donors (Lipinski definition) is 1. The van der Waals surface area contributed by atoms with E-state index in [-0.39, 0.29) is 34.9 Å². The molecule has 0 bridgehead atoms. The molecule has 0 unspecified atom stereocenters. The maximum absolute atomic E-state index is 14.7. The van der Waals surface area contributed by atoms with E-state index in [1.165, 1.54) is 13.2 Å². The number of nitrogens with zero attached hydrogens (tertiary/aromatic N) is 2. The van der Waals surface area contributed by atoms with Gasteiger partial charge in [0, 0.05) is 25.8 Å². The number of rotatable bonds is 6. The fraction of sp³-hybridized carbons (Fsp3) is 0.542. The smallest absolute Gasteiger partial charge is 0.342 e. The van der Waals surface area contributed by atoms with Gasteiger partial charge in [0.05, 0.1) is 30.7 Å². The van der Waals surface area contributed by atoms with Gasteiger partial charge in [-0.1, -0.05) is 13.8 Å². The van der Waals surface area contributed by atoms with Crippen LogP contribution in [-0.4, -0.2) is 55.1 Å². The zero-order chi connectivity index (χ0) is 23.6. The van der Waals surface area contributed by atoms with Crippen molar-refractivity contribution in [3.63, 3.8) is 0 Å². The van der Waals surface area contributed by atoms with E-state index in [2.05, 4.69) is 10.4 Å². The van der Waals surface area contributed by atoms with Crippen molar-refractivity contribution in [2.24, 2.45) is 5.41 Å². The molecule has 1 amide bonds. The maximum atomic E-state index is 14.7. The predicted molar refractivity (Wildman–Crippen MR) is 119 cm³/mol. The van der Waals surface area contributed by atoms with Gasteiger partial charge in [0.1, 0.15) is 17.1 Å². The largest absolute Gasteiger partial charge is 0.494 e. The van der Waals surface area contributed by atoms with E-state index < -0.39 is 11.8 Å². The van der Waals surface area contributed by atoms with Gasteiger partial charge in [0.15, 0.2) is 5.75 Å². The molecule has 2 aliphatic rings. The Kier molecular flexibility index (Phi) is 6.69. The molecule has 1 aromatic carbocycles. The molecule has 1 N–H and O–H groups in total. The van der Waals surface area contributed by atoms with Crippen LogP contribution >= 0.6 is 0 Å². The Morgan fingerprint density at radius 1 is 1.30 bits per heavy atom. The van der Waals surface area contributed by atoms with E-state index in [9.17, 15) is 14.0 Å². The number of ether oxygens (including phenoxy) is 3. The van der Waals surface area contributed by atoms with Gasteiger partial charge < -0.3 is 19.5 Å². The highest BCUT2D eigenvalue weighted by Gasteiger charge is 2.40. The molecule has 1 saturated heterocycles. The molecule has 1 aromatic heterocycles. The molecule has 1 spiro atoms. The molecule has 0 saturated carbocycles. The van der Waals surface area contributed by atoms with Gasteiger partial charge in [-0.3, -0.25) is 4.79 Å². The molecular formula is C24H30FN3O5. The van der Waals surface area contributed by atoms with Crippen LogP contribution in [0.15, 0.2) is 12.1 Å². The number of aryl methyl sites for hydroxylation is 1. The standard InChI is InChI=1S/C24H30FN3O5/c1-4-8-33-23(30)16-11-15(25)12-18(21(16)31-3)28-19-13-24(6-9-32-10-7-24)14-26-22(29)20(19)17(5-2)27-28/h11-12H,4-10,13-14H2,1-3H3,(H,26,29). The third-order valence-electron chi connectivity index (χ3n) is 6.46. The van der Waals surface area contributed by atoms with Crippen molar-refractivity contribution in [3.8, 4) is 11.4 Å². The fourth-order valence-corrected chi connectivity index (χ4v) is 4.68. The van der Waals surface area contributed by atoms with Crippen LogP contribution in [0.1, 0.15) is 65.2 Å². The van der Waals surface area contributed by atoms with Crippen molar-refractivity contribution in [2.75, 3.05) is 33.5 Å². The van der Waals surface area contributed by atoms with Gasteiger partial charge in [0.2, 0.25) is 0 Å². The SMILES string of the molecule is CCCOC(=O)c1cc(F)cc(-n2nc(CC)c3c2CC2(CCOCC2)CNC3=O)c1OC. The summed E-state index contributed by atoms with van der Waals surface area (Å²) in [6.45, 7) is 5.81. The Bertz CT molecular complexity index is 1060. The van der Waals surface area contributed by atoms with Gasteiger partial charge in [-0.05, 0) is 43.6 Å². The second-order valence-corrected chi connectivity index (χ2v) is 8.65. The Balaban J connectivity index is 1.89. The first kappa shape index (κ1) is 23.2. The van der Waals surface area contributed by atoms with Crippen LogP contribution in [-0.2, 0) is 22.3 Å². The summed E-state index contributed by atoms with van der Waals surface area (Å²) >= 11 is 0. The van der Waals surface area contributed by atoms with Gasteiger partial charge in [-0.25, -0.2) is 13.9 Å². The number of aromatic nitrogens is 2. The van der Waals surface area contributed by atoms with Crippen LogP contribution in [0.4, 0.5) is 4.39 Å². The van der Waals surface area contributed by atoms with Gasteiger partial charge in [-0.2, -0.15) is 5.10 Å². The number of carbonyl (C=O) groups is 2. The minimum atomic E-state index is -0.665. The number of methoxy groups -OCH3 is 1. The van der Waals surface area contributed by atoms with Crippen LogP contribution in [0.25, 0.3) is 5.69 Å². The number of nitrogens with one attached hydrogen (secondary N) is 1. The van der Waals surface area contributed by atoms with Crippen LogP contribution in [0.2, 0.25) is 0 Å². The summed E-state index contributed by atoms with van der Waals surface area (Å²) in [5.74, 6) is -1.30. The normalized spacial score (nSPS) is 17.3. The highest BCUT2D eigenvalue weighted by molar-refractivity contribution is 5.97. The lowest BCUT2D eigenvalue weighted by molar-refractivity contribution is 0.0154.